The van der Waals surface area contributed by atoms with Crippen LogP contribution >= 0.6 is 22.9 Å². The van der Waals surface area contributed by atoms with Crippen molar-refractivity contribution < 1.29 is 0 Å². The maximum absolute atomic E-state index is 5.86. The van der Waals surface area contributed by atoms with Gasteiger partial charge in [0.15, 0.2) is 0 Å². The Bertz CT molecular complexity index is 608. The number of nitrogens with zero attached hydrogens (tertiary/aromatic N) is 2. The van der Waals surface area contributed by atoms with E-state index in [4.69, 9.17) is 11.6 Å². The quantitative estimate of drug-likeness (QED) is 0.764. The van der Waals surface area contributed by atoms with Gasteiger partial charge < -0.3 is 4.90 Å². The molecular formula is C16H19ClN2S. The third-order valence-electron chi connectivity index (χ3n) is 3.92. The SMILES string of the molecule is Cc1ccc2c(c1)CCCN2C(C)c1nc(CCl)cs1. The fraction of sp³-hybridized carbons (Fsp3) is 0.438. The molecule has 3 rings (SSSR count). The fourth-order valence-electron chi connectivity index (χ4n) is 2.87. The second kappa shape index (κ2) is 5.74. The Kier molecular flexibility index (Phi) is 3.99. The molecule has 1 unspecified atom stereocenters. The third-order valence-corrected chi connectivity index (χ3v) is 5.26. The maximum Gasteiger partial charge on any atom is 0.115 e. The van der Waals surface area contributed by atoms with Gasteiger partial charge >= 0.3 is 0 Å². The summed E-state index contributed by atoms with van der Waals surface area (Å²) in [5, 5.41) is 3.23. The molecule has 2 aromatic rings. The van der Waals surface area contributed by atoms with Gasteiger partial charge in [0.2, 0.25) is 0 Å². The summed E-state index contributed by atoms with van der Waals surface area (Å²) in [6.07, 6.45) is 2.40. The summed E-state index contributed by atoms with van der Waals surface area (Å²) in [5.41, 5.74) is 5.17. The highest BCUT2D eigenvalue weighted by molar-refractivity contribution is 7.09. The van der Waals surface area contributed by atoms with Crippen LogP contribution in [0.1, 0.15) is 41.2 Å². The Labute approximate surface area is 129 Å². The van der Waals surface area contributed by atoms with Crippen LogP contribution in [0, 0.1) is 6.92 Å². The van der Waals surface area contributed by atoms with E-state index in [1.54, 1.807) is 11.3 Å². The van der Waals surface area contributed by atoms with Crippen molar-refractivity contribution in [3.05, 3.63) is 45.4 Å². The minimum Gasteiger partial charge on any atom is -0.362 e. The first kappa shape index (κ1) is 13.9. The van der Waals surface area contributed by atoms with Gasteiger partial charge in [-0.15, -0.1) is 22.9 Å². The molecule has 1 atom stereocenters. The number of hydrogen-bond donors (Lipinski definition) is 0. The summed E-state index contributed by atoms with van der Waals surface area (Å²) in [7, 11) is 0. The molecule has 0 N–H and O–H groups in total. The number of aromatic nitrogens is 1. The number of fused-ring (bicyclic) bond motifs is 1. The van der Waals surface area contributed by atoms with Gasteiger partial charge in [-0.1, -0.05) is 17.7 Å². The lowest BCUT2D eigenvalue weighted by molar-refractivity contribution is 0.612. The number of rotatable bonds is 3. The van der Waals surface area contributed by atoms with Crippen molar-refractivity contribution in [2.24, 2.45) is 0 Å². The molecule has 0 bridgehead atoms. The second-order valence-electron chi connectivity index (χ2n) is 5.42. The van der Waals surface area contributed by atoms with Crippen LogP contribution in [0.5, 0.6) is 0 Å². The fourth-order valence-corrected chi connectivity index (χ4v) is 3.98. The molecule has 1 aliphatic heterocycles. The van der Waals surface area contributed by atoms with Crippen molar-refractivity contribution in [2.45, 2.75) is 38.6 Å². The normalized spacial score (nSPS) is 16.1. The van der Waals surface area contributed by atoms with Crippen LogP contribution in [0.2, 0.25) is 0 Å². The molecule has 4 heteroatoms. The second-order valence-corrected chi connectivity index (χ2v) is 6.57. The number of aryl methyl sites for hydroxylation is 2. The lowest BCUT2D eigenvalue weighted by Crippen LogP contribution is -2.32. The lowest BCUT2D eigenvalue weighted by atomic mass is 9.98. The molecule has 0 saturated carbocycles. The van der Waals surface area contributed by atoms with Gasteiger partial charge in [0.1, 0.15) is 5.01 Å². The predicted octanol–water partition coefficient (Wildman–Crippen LogP) is 4.70. The average Bonchev–Trinajstić information content (AvgIpc) is 2.94. The molecule has 106 valence electrons. The summed E-state index contributed by atoms with van der Waals surface area (Å²) in [6, 6.07) is 7.10. The zero-order valence-electron chi connectivity index (χ0n) is 11.9. The summed E-state index contributed by atoms with van der Waals surface area (Å²) in [6.45, 7) is 5.51. The van der Waals surface area contributed by atoms with Crippen LogP contribution in [0.15, 0.2) is 23.6 Å². The molecule has 1 aliphatic rings. The van der Waals surface area contributed by atoms with Crippen molar-refractivity contribution >= 4 is 28.6 Å². The predicted molar refractivity (Wildman–Crippen MR) is 86.9 cm³/mol. The molecule has 1 aromatic carbocycles. The van der Waals surface area contributed by atoms with E-state index >= 15 is 0 Å². The number of alkyl halides is 1. The minimum absolute atomic E-state index is 0.318. The molecular weight excluding hydrogens is 288 g/mol. The van der Waals surface area contributed by atoms with E-state index in [-0.39, 0.29) is 0 Å². The summed E-state index contributed by atoms with van der Waals surface area (Å²) >= 11 is 7.58. The van der Waals surface area contributed by atoms with Gasteiger partial charge in [-0.05, 0) is 38.3 Å². The van der Waals surface area contributed by atoms with Gasteiger partial charge in [0, 0.05) is 17.6 Å². The number of hydrogen-bond acceptors (Lipinski definition) is 3. The molecule has 0 fully saturated rings. The van der Waals surface area contributed by atoms with Crippen molar-refractivity contribution in [3.63, 3.8) is 0 Å². The summed E-state index contributed by atoms with van der Waals surface area (Å²) in [4.78, 5) is 7.12. The molecule has 20 heavy (non-hydrogen) atoms. The van der Waals surface area contributed by atoms with E-state index in [0.717, 1.165) is 17.2 Å². The Hall–Kier alpha value is -1.06. The minimum atomic E-state index is 0.318. The maximum atomic E-state index is 5.86. The van der Waals surface area contributed by atoms with Gasteiger partial charge in [-0.3, -0.25) is 0 Å². The van der Waals surface area contributed by atoms with Crippen molar-refractivity contribution in [1.29, 1.82) is 0 Å². The van der Waals surface area contributed by atoms with Crippen molar-refractivity contribution in [2.75, 3.05) is 11.4 Å². The summed E-state index contributed by atoms with van der Waals surface area (Å²) in [5.74, 6) is 0.499. The van der Waals surface area contributed by atoms with Crippen LogP contribution in [0.25, 0.3) is 0 Å². The first-order valence-corrected chi connectivity index (χ1v) is 8.47. The van der Waals surface area contributed by atoms with Crippen LogP contribution < -0.4 is 4.90 Å². The van der Waals surface area contributed by atoms with Crippen LogP contribution in [-0.2, 0) is 12.3 Å². The topological polar surface area (TPSA) is 16.1 Å². The Morgan fingerprint density at radius 3 is 3.05 bits per heavy atom. The molecule has 2 heterocycles. The van der Waals surface area contributed by atoms with Gasteiger partial charge in [-0.25, -0.2) is 4.98 Å². The van der Waals surface area contributed by atoms with Gasteiger partial charge in [0.05, 0.1) is 17.6 Å². The number of thiazole rings is 1. The molecule has 0 spiro atoms. The number of halogens is 1. The Balaban J connectivity index is 1.91. The van der Waals surface area contributed by atoms with Crippen LogP contribution in [0.4, 0.5) is 5.69 Å². The molecule has 0 amide bonds. The van der Waals surface area contributed by atoms with E-state index in [1.165, 1.54) is 29.7 Å². The lowest BCUT2D eigenvalue weighted by Gasteiger charge is -2.35. The van der Waals surface area contributed by atoms with E-state index in [2.05, 4.69) is 47.3 Å². The molecule has 2 nitrogen and oxygen atoms in total. The zero-order valence-corrected chi connectivity index (χ0v) is 13.5. The van der Waals surface area contributed by atoms with Crippen LogP contribution in [0.3, 0.4) is 0 Å². The summed E-state index contributed by atoms with van der Waals surface area (Å²) < 4.78 is 0. The Morgan fingerprint density at radius 1 is 1.45 bits per heavy atom. The largest absolute Gasteiger partial charge is 0.362 e. The highest BCUT2D eigenvalue weighted by Crippen LogP contribution is 2.35. The molecule has 0 saturated heterocycles. The monoisotopic (exact) mass is 306 g/mol. The van der Waals surface area contributed by atoms with E-state index < -0.39 is 0 Å². The Morgan fingerprint density at radius 2 is 2.30 bits per heavy atom. The van der Waals surface area contributed by atoms with Crippen molar-refractivity contribution in [1.82, 2.24) is 4.98 Å². The smallest absolute Gasteiger partial charge is 0.115 e. The van der Waals surface area contributed by atoms with Gasteiger partial charge in [0.25, 0.3) is 0 Å². The first-order chi connectivity index (χ1) is 9.69. The van der Waals surface area contributed by atoms with E-state index in [1.807, 2.05) is 0 Å². The van der Waals surface area contributed by atoms with E-state index in [0.29, 0.717) is 11.9 Å². The average molecular weight is 307 g/mol. The number of benzene rings is 1. The molecule has 1 aromatic heterocycles. The van der Waals surface area contributed by atoms with E-state index in [9.17, 15) is 0 Å². The van der Waals surface area contributed by atoms with Crippen molar-refractivity contribution in [3.8, 4) is 0 Å². The third kappa shape index (κ3) is 2.57. The van der Waals surface area contributed by atoms with Gasteiger partial charge in [-0.2, -0.15) is 0 Å². The standard InChI is InChI=1S/C16H19ClN2S/c1-11-5-6-15-13(8-11)4-3-7-19(15)12(2)16-18-14(9-17)10-20-16/h5-6,8,10,12H,3-4,7,9H2,1-2H3. The highest BCUT2D eigenvalue weighted by atomic mass is 35.5. The molecule has 0 radical (unpaired) electrons. The number of anilines is 1. The first-order valence-electron chi connectivity index (χ1n) is 7.05. The van der Waals surface area contributed by atoms with Crippen LogP contribution in [-0.4, -0.2) is 11.5 Å². The highest BCUT2D eigenvalue weighted by Gasteiger charge is 2.24. The molecule has 0 aliphatic carbocycles. The zero-order chi connectivity index (χ0) is 14.1.